The van der Waals surface area contributed by atoms with E-state index in [9.17, 15) is 21.6 Å². The van der Waals surface area contributed by atoms with E-state index in [-0.39, 0.29) is 10.8 Å². The van der Waals surface area contributed by atoms with Gasteiger partial charge in [0.1, 0.15) is 5.75 Å². The summed E-state index contributed by atoms with van der Waals surface area (Å²) in [6.07, 6.45) is -0.819. The minimum absolute atomic E-state index is 0.0977. The number of aryl methyl sites for hydroxylation is 1. The van der Waals surface area contributed by atoms with Crippen LogP contribution in [0.3, 0.4) is 0 Å². The fourth-order valence-electron chi connectivity index (χ4n) is 4.19. The molecule has 2 aromatic rings. The number of rotatable bonds is 6. The largest absolute Gasteiger partial charge is 0.573 e. The first kappa shape index (κ1) is 22.6. The maximum absolute atomic E-state index is 13.1. The number of sulfonamides is 1. The van der Waals surface area contributed by atoms with Crippen LogP contribution in [-0.4, -0.2) is 14.8 Å². The van der Waals surface area contributed by atoms with Crippen LogP contribution in [0.5, 0.6) is 5.75 Å². The van der Waals surface area contributed by atoms with Gasteiger partial charge in [-0.1, -0.05) is 44.0 Å². The molecule has 0 aliphatic heterocycles. The molecule has 0 unspecified atom stereocenters. The van der Waals surface area contributed by atoms with Gasteiger partial charge in [-0.2, -0.15) is 0 Å². The number of nitrogens with one attached hydrogen (secondary N) is 1. The van der Waals surface area contributed by atoms with Gasteiger partial charge in [0.05, 0.1) is 10.9 Å². The van der Waals surface area contributed by atoms with E-state index < -0.39 is 28.2 Å². The number of alkyl halides is 3. The Morgan fingerprint density at radius 3 is 2.33 bits per heavy atom. The second kappa shape index (κ2) is 8.98. The lowest BCUT2D eigenvalue weighted by Gasteiger charge is -2.34. The second-order valence-corrected chi connectivity index (χ2v) is 9.72. The van der Waals surface area contributed by atoms with Crippen LogP contribution in [0.25, 0.3) is 0 Å². The molecule has 30 heavy (non-hydrogen) atoms. The predicted octanol–water partition coefficient (Wildman–Crippen LogP) is 5.74. The molecule has 3 atom stereocenters. The van der Waals surface area contributed by atoms with E-state index >= 15 is 0 Å². The molecule has 0 spiro atoms. The van der Waals surface area contributed by atoms with Crippen LogP contribution >= 0.6 is 0 Å². The van der Waals surface area contributed by atoms with Gasteiger partial charge in [0.15, 0.2) is 0 Å². The maximum Gasteiger partial charge on any atom is 0.573 e. The molecule has 0 saturated heterocycles. The van der Waals surface area contributed by atoms with Gasteiger partial charge in [-0.15, -0.1) is 13.2 Å². The zero-order chi connectivity index (χ0) is 21.9. The maximum atomic E-state index is 13.1. The molecule has 0 heterocycles. The molecule has 0 bridgehead atoms. The first-order valence-electron chi connectivity index (χ1n) is 9.99. The Bertz CT molecular complexity index is 958. The topological polar surface area (TPSA) is 55.4 Å². The average Bonchev–Trinajstić information content (AvgIpc) is 2.66. The Hall–Kier alpha value is -2.06. The fraction of sp³-hybridized carbons (Fsp3) is 0.455. The van der Waals surface area contributed by atoms with Gasteiger partial charge in [-0.25, -0.2) is 13.1 Å². The third-order valence-electron chi connectivity index (χ3n) is 5.62. The highest BCUT2D eigenvalue weighted by molar-refractivity contribution is 7.89. The van der Waals surface area contributed by atoms with Crippen LogP contribution in [0.4, 0.5) is 13.2 Å². The predicted molar refractivity (Wildman–Crippen MR) is 108 cm³/mol. The van der Waals surface area contributed by atoms with Crippen molar-refractivity contribution in [3.05, 3.63) is 59.7 Å². The fourth-order valence-corrected chi connectivity index (χ4v) is 5.47. The highest BCUT2D eigenvalue weighted by atomic mass is 32.2. The molecule has 164 valence electrons. The van der Waals surface area contributed by atoms with Crippen LogP contribution in [0.15, 0.2) is 53.4 Å². The summed E-state index contributed by atoms with van der Waals surface area (Å²) in [6.45, 7) is 4.13. The number of halogens is 3. The van der Waals surface area contributed by atoms with Crippen LogP contribution in [-0.2, 0) is 10.0 Å². The Balaban J connectivity index is 1.88. The summed E-state index contributed by atoms with van der Waals surface area (Å²) in [5.41, 5.74) is 1.93. The SMILES string of the molecule is Cc1ccccc1[C@@H](NS(=O)(=O)c1ccc(OC(F)(F)F)cc1)[C@H]1CCC[C@H](C)C1. The third-order valence-corrected chi connectivity index (χ3v) is 7.08. The molecule has 1 N–H and O–H groups in total. The lowest BCUT2D eigenvalue weighted by molar-refractivity contribution is -0.274. The summed E-state index contributed by atoms with van der Waals surface area (Å²) in [7, 11) is -3.94. The molecule has 0 aromatic heterocycles. The molecule has 1 saturated carbocycles. The summed E-state index contributed by atoms with van der Waals surface area (Å²) in [5, 5.41) is 0. The Morgan fingerprint density at radius 1 is 1.07 bits per heavy atom. The van der Waals surface area contributed by atoms with Crippen LogP contribution in [0.2, 0.25) is 0 Å². The van der Waals surface area contributed by atoms with Crippen molar-refractivity contribution in [1.29, 1.82) is 0 Å². The van der Waals surface area contributed by atoms with Gasteiger partial charge in [-0.05, 0) is 67.0 Å². The Labute approximate surface area is 175 Å². The minimum atomic E-state index is -4.83. The van der Waals surface area contributed by atoms with Crippen molar-refractivity contribution in [2.24, 2.45) is 11.8 Å². The normalized spacial score (nSPS) is 21.2. The zero-order valence-corrected chi connectivity index (χ0v) is 17.8. The van der Waals surface area contributed by atoms with Crippen LogP contribution in [0.1, 0.15) is 49.8 Å². The number of benzene rings is 2. The lowest BCUT2D eigenvalue weighted by atomic mass is 9.76. The minimum Gasteiger partial charge on any atom is -0.406 e. The van der Waals surface area contributed by atoms with E-state index in [1.165, 1.54) is 0 Å². The molecule has 0 radical (unpaired) electrons. The summed E-state index contributed by atoms with van der Waals surface area (Å²) in [5.74, 6) is 0.203. The highest BCUT2D eigenvalue weighted by Gasteiger charge is 2.33. The van der Waals surface area contributed by atoms with Crippen molar-refractivity contribution >= 4 is 10.0 Å². The van der Waals surface area contributed by atoms with Crippen LogP contribution in [0, 0.1) is 18.8 Å². The first-order valence-corrected chi connectivity index (χ1v) is 11.5. The van der Waals surface area contributed by atoms with Gasteiger partial charge in [0.25, 0.3) is 0 Å². The molecule has 4 nitrogen and oxygen atoms in total. The van der Waals surface area contributed by atoms with Gasteiger partial charge in [0, 0.05) is 0 Å². The van der Waals surface area contributed by atoms with Gasteiger partial charge >= 0.3 is 6.36 Å². The monoisotopic (exact) mass is 441 g/mol. The van der Waals surface area contributed by atoms with Crippen molar-refractivity contribution < 1.29 is 26.3 Å². The van der Waals surface area contributed by atoms with Crippen molar-refractivity contribution in [2.75, 3.05) is 0 Å². The second-order valence-electron chi connectivity index (χ2n) is 8.01. The van der Waals surface area contributed by atoms with Crippen LogP contribution < -0.4 is 9.46 Å². The van der Waals surface area contributed by atoms with Crippen molar-refractivity contribution in [1.82, 2.24) is 4.72 Å². The molecule has 8 heteroatoms. The highest BCUT2D eigenvalue weighted by Crippen LogP contribution is 2.39. The molecular formula is C22H26F3NO3S. The van der Waals surface area contributed by atoms with E-state index in [1.54, 1.807) is 0 Å². The molecule has 0 amide bonds. The molecular weight excluding hydrogens is 415 g/mol. The molecule has 1 aliphatic carbocycles. The quantitative estimate of drug-likeness (QED) is 0.622. The van der Waals surface area contributed by atoms with Crippen molar-refractivity contribution in [3.8, 4) is 5.75 Å². The number of hydrogen-bond donors (Lipinski definition) is 1. The molecule has 1 fully saturated rings. The summed E-state index contributed by atoms with van der Waals surface area (Å²) >= 11 is 0. The van der Waals surface area contributed by atoms with E-state index in [2.05, 4.69) is 16.4 Å². The summed E-state index contributed by atoms with van der Waals surface area (Å²) in [6, 6.07) is 11.6. The van der Waals surface area contributed by atoms with E-state index in [1.807, 2.05) is 31.2 Å². The van der Waals surface area contributed by atoms with E-state index in [4.69, 9.17) is 0 Å². The van der Waals surface area contributed by atoms with Gasteiger partial charge < -0.3 is 4.74 Å². The van der Waals surface area contributed by atoms with Gasteiger partial charge in [-0.3, -0.25) is 0 Å². The number of ether oxygens (including phenoxy) is 1. The third kappa shape index (κ3) is 5.76. The zero-order valence-electron chi connectivity index (χ0n) is 16.9. The smallest absolute Gasteiger partial charge is 0.406 e. The van der Waals surface area contributed by atoms with Crippen molar-refractivity contribution in [3.63, 3.8) is 0 Å². The average molecular weight is 442 g/mol. The van der Waals surface area contributed by atoms with Crippen molar-refractivity contribution in [2.45, 2.75) is 56.8 Å². The summed E-state index contributed by atoms with van der Waals surface area (Å²) < 4.78 is 69.9. The molecule has 2 aromatic carbocycles. The Morgan fingerprint density at radius 2 is 1.73 bits per heavy atom. The Kier molecular flexibility index (Phi) is 6.77. The van der Waals surface area contributed by atoms with E-state index in [0.29, 0.717) is 5.92 Å². The number of hydrogen-bond acceptors (Lipinski definition) is 3. The molecule has 3 rings (SSSR count). The lowest BCUT2D eigenvalue weighted by Crippen LogP contribution is -2.35. The van der Waals surface area contributed by atoms with E-state index in [0.717, 1.165) is 61.1 Å². The standard InChI is InChI=1S/C22H26F3NO3S/c1-15-6-5-8-17(14-15)21(20-9-4-3-7-16(20)2)26-30(27,28)19-12-10-18(11-13-19)29-22(23,24)25/h3-4,7,9-13,15,17,21,26H,5-6,8,14H2,1-2H3/t15-,17-,21-/m0/s1. The molecule has 1 aliphatic rings. The first-order chi connectivity index (χ1) is 14.0. The summed E-state index contributed by atoms with van der Waals surface area (Å²) in [4.78, 5) is -0.0977. The van der Waals surface area contributed by atoms with Gasteiger partial charge in [0.2, 0.25) is 10.0 Å².